The van der Waals surface area contributed by atoms with Gasteiger partial charge >= 0.3 is 0 Å². The number of hydrogen-bond acceptors (Lipinski definition) is 4. The van der Waals surface area contributed by atoms with Crippen LogP contribution in [0, 0.1) is 5.82 Å². The van der Waals surface area contributed by atoms with Gasteiger partial charge in [0.05, 0.1) is 6.26 Å². The highest BCUT2D eigenvalue weighted by atomic mass is 32.2. The standard InChI is InChI=1S/C19H28FN3O3S/c1-27(25,26)23-12-3-2-5-18(23)19(24)22-11-4-10-21(13-14-22)15-16-6-8-17(20)9-7-16/h6-9,18H,2-5,10-15H2,1H3/t18-/m1/s1. The highest BCUT2D eigenvalue weighted by Gasteiger charge is 2.37. The van der Waals surface area contributed by atoms with Crippen molar-refractivity contribution in [3.63, 3.8) is 0 Å². The van der Waals surface area contributed by atoms with Crippen molar-refractivity contribution < 1.29 is 17.6 Å². The maximum atomic E-state index is 13.1. The number of piperidine rings is 1. The molecule has 27 heavy (non-hydrogen) atoms. The number of carbonyl (C=O) groups is 1. The molecule has 2 saturated heterocycles. The number of rotatable bonds is 4. The van der Waals surface area contributed by atoms with Gasteiger partial charge in [0.25, 0.3) is 0 Å². The van der Waals surface area contributed by atoms with Gasteiger partial charge in [0.2, 0.25) is 15.9 Å². The number of nitrogens with zero attached hydrogens (tertiary/aromatic N) is 3. The molecule has 2 fully saturated rings. The Morgan fingerprint density at radius 2 is 1.78 bits per heavy atom. The molecule has 6 nitrogen and oxygen atoms in total. The fourth-order valence-electron chi connectivity index (χ4n) is 3.96. The molecule has 1 aromatic carbocycles. The second-order valence-electron chi connectivity index (χ2n) is 7.47. The largest absolute Gasteiger partial charge is 0.340 e. The van der Waals surface area contributed by atoms with Gasteiger partial charge in [0.1, 0.15) is 11.9 Å². The van der Waals surface area contributed by atoms with E-state index in [0.717, 1.165) is 44.5 Å². The Labute approximate surface area is 161 Å². The molecule has 150 valence electrons. The van der Waals surface area contributed by atoms with Crippen LogP contribution >= 0.6 is 0 Å². The van der Waals surface area contributed by atoms with Crippen LogP contribution in [0.25, 0.3) is 0 Å². The van der Waals surface area contributed by atoms with Crippen LogP contribution in [0.5, 0.6) is 0 Å². The Hall–Kier alpha value is -1.51. The van der Waals surface area contributed by atoms with E-state index in [1.165, 1.54) is 22.7 Å². The van der Waals surface area contributed by atoms with E-state index in [1.807, 2.05) is 4.90 Å². The van der Waals surface area contributed by atoms with Gasteiger partial charge in [0.15, 0.2) is 0 Å². The van der Waals surface area contributed by atoms with Crippen molar-refractivity contribution in [3.8, 4) is 0 Å². The first kappa shape index (κ1) is 20.2. The second-order valence-corrected chi connectivity index (χ2v) is 9.40. The van der Waals surface area contributed by atoms with Crippen molar-refractivity contribution in [2.45, 2.75) is 38.3 Å². The van der Waals surface area contributed by atoms with Gasteiger partial charge in [-0.05, 0) is 37.0 Å². The average Bonchev–Trinajstić information content (AvgIpc) is 2.88. The first-order valence-electron chi connectivity index (χ1n) is 9.57. The Morgan fingerprint density at radius 1 is 1.04 bits per heavy atom. The number of amides is 1. The predicted octanol–water partition coefficient (Wildman–Crippen LogP) is 1.67. The molecular formula is C19H28FN3O3S. The molecule has 1 atom stereocenters. The monoisotopic (exact) mass is 397 g/mol. The summed E-state index contributed by atoms with van der Waals surface area (Å²) in [5, 5.41) is 0. The minimum absolute atomic E-state index is 0.0660. The molecule has 2 aliphatic rings. The molecular weight excluding hydrogens is 369 g/mol. The third kappa shape index (κ3) is 5.27. The van der Waals surface area contributed by atoms with Gasteiger partial charge in [-0.2, -0.15) is 4.31 Å². The Balaban J connectivity index is 1.61. The molecule has 0 aromatic heterocycles. The van der Waals surface area contributed by atoms with Crippen LogP contribution in [0.4, 0.5) is 4.39 Å². The van der Waals surface area contributed by atoms with E-state index in [4.69, 9.17) is 0 Å². The summed E-state index contributed by atoms with van der Waals surface area (Å²) in [5.74, 6) is -0.307. The highest BCUT2D eigenvalue weighted by molar-refractivity contribution is 7.88. The number of carbonyl (C=O) groups excluding carboxylic acids is 1. The molecule has 0 saturated carbocycles. The average molecular weight is 398 g/mol. The fourth-order valence-corrected chi connectivity index (χ4v) is 5.08. The van der Waals surface area contributed by atoms with Crippen molar-refractivity contribution >= 4 is 15.9 Å². The maximum absolute atomic E-state index is 13.1. The van der Waals surface area contributed by atoms with Gasteiger partial charge in [-0.3, -0.25) is 9.69 Å². The Bertz CT molecular complexity index is 754. The molecule has 0 unspecified atom stereocenters. The van der Waals surface area contributed by atoms with E-state index in [0.29, 0.717) is 26.1 Å². The van der Waals surface area contributed by atoms with Crippen molar-refractivity contribution in [1.82, 2.24) is 14.1 Å². The minimum Gasteiger partial charge on any atom is -0.340 e. The topological polar surface area (TPSA) is 60.9 Å². The van der Waals surface area contributed by atoms with Crippen molar-refractivity contribution in [1.29, 1.82) is 0 Å². The van der Waals surface area contributed by atoms with Crippen molar-refractivity contribution in [2.75, 3.05) is 39.0 Å². The van der Waals surface area contributed by atoms with Gasteiger partial charge in [-0.1, -0.05) is 18.6 Å². The minimum atomic E-state index is -3.38. The summed E-state index contributed by atoms with van der Waals surface area (Å²) in [5.41, 5.74) is 1.05. The van der Waals surface area contributed by atoms with E-state index in [9.17, 15) is 17.6 Å². The summed E-state index contributed by atoms with van der Waals surface area (Å²) in [6.07, 6.45) is 4.32. The maximum Gasteiger partial charge on any atom is 0.241 e. The van der Waals surface area contributed by atoms with Crippen LogP contribution in [-0.2, 0) is 21.4 Å². The van der Waals surface area contributed by atoms with Crippen molar-refractivity contribution in [2.24, 2.45) is 0 Å². The summed E-state index contributed by atoms with van der Waals surface area (Å²) in [4.78, 5) is 17.1. The summed E-state index contributed by atoms with van der Waals surface area (Å²) in [6.45, 7) is 3.98. The third-order valence-electron chi connectivity index (χ3n) is 5.38. The third-order valence-corrected chi connectivity index (χ3v) is 6.67. The first-order chi connectivity index (χ1) is 12.8. The lowest BCUT2D eigenvalue weighted by atomic mass is 10.0. The van der Waals surface area contributed by atoms with E-state index >= 15 is 0 Å². The SMILES string of the molecule is CS(=O)(=O)N1CCCC[C@@H]1C(=O)N1CCCN(Cc2ccc(F)cc2)CC1. The van der Waals surface area contributed by atoms with Crippen LogP contribution in [0.2, 0.25) is 0 Å². The smallest absolute Gasteiger partial charge is 0.241 e. The van der Waals surface area contributed by atoms with Crippen LogP contribution in [0.1, 0.15) is 31.2 Å². The lowest BCUT2D eigenvalue weighted by Crippen LogP contribution is -2.53. The van der Waals surface area contributed by atoms with Gasteiger partial charge in [-0.15, -0.1) is 0 Å². The molecule has 0 aliphatic carbocycles. The fraction of sp³-hybridized carbons (Fsp3) is 0.632. The number of benzene rings is 1. The molecule has 0 N–H and O–H groups in total. The van der Waals surface area contributed by atoms with Crippen LogP contribution in [0.3, 0.4) is 0 Å². The predicted molar refractivity (Wildman–Crippen MR) is 102 cm³/mol. The lowest BCUT2D eigenvalue weighted by Gasteiger charge is -2.35. The van der Waals surface area contributed by atoms with Gasteiger partial charge < -0.3 is 4.90 Å². The summed E-state index contributed by atoms with van der Waals surface area (Å²) < 4.78 is 38.5. The number of halogens is 1. The van der Waals surface area contributed by atoms with E-state index in [1.54, 1.807) is 12.1 Å². The van der Waals surface area contributed by atoms with Crippen LogP contribution < -0.4 is 0 Å². The lowest BCUT2D eigenvalue weighted by molar-refractivity contribution is -0.136. The zero-order chi connectivity index (χ0) is 19.4. The first-order valence-corrected chi connectivity index (χ1v) is 11.4. The molecule has 2 aliphatic heterocycles. The van der Waals surface area contributed by atoms with E-state index < -0.39 is 16.1 Å². The molecule has 8 heteroatoms. The second kappa shape index (κ2) is 8.67. The number of hydrogen-bond donors (Lipinski definition) is 0. The van der Waals surface area contributed by atoms with Gasteiger partial charge in [0, 0.05) is 39.3 Å². The molecule has 3 rings (SSSR count). The highest BCUT2D eigenvalue weighted by Crippen LogP contribution is 2.22. The van der Waals surface area contributed by atoms with Gasteiger partial charge in [-0.25, -0.2) is 12.8 Å². The summed E-state index contributed by atoms with van der Waals surface area (Å²) in [6, 6.07) is 5.94. The van der Waals surface area contributed by atoms with E-state index in [2.05, 4.69) is 4.90 Å². The van der Waals surface area contributed by atoms with Crippen LogP contribution in [0.15, 0.2) is 24.3 Å². The molecule has 0 bridgehead atoms. The molecule has 1 amide bonds. The number of sulfonamides is 1. The quantitative estimate of drug-likeness (QED) is 0.776. The molecule has 2 heterocycles. The Kier molecular flexibility index (Phi) is 6.49. The zero-order valence-electron chi connectivity index (χ0n) is 15.8. The summed E-state index contributed by atoms with van der Waals surface area (Å²) >= 11 is 0. The normalized spacial score (nSPS) is 23.2. The summed E-state index contributed by atoms with van der Waals surface area (Å²) in [7, 11) is -3.38. The van der Waals surface area contributed by atoms with Crippen LogP contribution in [-0.4, -0.2) is 73.5 Å². The molecule has 1 aromatic rings. The zero-order valence-corrected chi connectivity index (χ0v) is 16.6. The molecule has 0 spiro atoms. The van der Waals surface area contributed by atoms with Crippen molar-refractivity contribution in [3.05, 3.63) is 35.6 Å². The molecule has 0 radical (unpaired) electrons. The Morgan fingerprint density at radius 3 is 2.48 bits per heavy atom. The van der Waals surface area contributed by atoms with E-state index in [-0.39, 0.29) is 11.7 Å².